The molecule has 1 aromatic carbocycles. The summed E-state index contributed by atoms with van der Waals surface area (Å²) < 4.78 is 5.52. The third-order valence-corrected chi connectivity index (χ3v) is 4.32. The quantitative estimate of drug-likeness (QED) is 0.766. The van der Waals surface area contributed by atoms with E-state index in [9.17, 15) is 4.79 Å². The van der Waals surface area contributed by atoms with Crippen molar-refractivity contribution in [1.29, 1.82) is 5.26 Å². The molecule has 0 saturated carbocycles. The number of pyridine rings is 1. The molecular formula is C19H16N6O2. The first-order chi connectivity index (χ1) is 13.2. The van der Waals surface area contributed by atoms with Crippen LogP contribution in [0.4, 0.5) is 5.69 Å². The molecule has 1 amide bonds. The zero-order valence-corrected chi connectivity index (χ0v) is 14.6. The van der Waals surface area contributed by atoms with E-state index >= 15 is 0 Å². The summed E-state index contributed by atoms with van der Waals surface area (Å²) in [6.45, 7) is 2.21. The molecule has 0 spiro atoms. The molecule has 0 aliphatic carbocycles. The first kappa shape index (κ1) is 16.7. The fraction of sp³-hybridized carbons (Fsp3) is 0.211. The van der Waals surface area contributed by atoms with E-state index in [0.717, 1.165) is 17.0 Å². The number of fused-ring (bicyclic) bond motifs is 1. The summed E-state index contributed by atoms with van der Waals surface area (Å²) >= 11 is 0. The molecular weight excluding hydrogens is 344 g/mol. The zero-order chi connectivity index (χ0) is 18.8. The molecule has 0 radical (unpaired) electrons. The Morgan fingerprint density at radius 3 is 3.04 bits per heavy atom. The summed E-state index contributed by atoms with van der Waals surface area (Å²) in [4.78, 5) is 18.3. The molecule has 0 unspecified atom stereocenters. The van der Waals surface area contributed by atoms with Gasteiger partial charge in [-0.25, -0.2) is 0 Å². The SMILES string of the molecule is Cc1cccc(-c2[nH]nnc2-c2ccc3c(c2)N(CCC#N)C(=O)CO3)n1. The standard InChI is InChI=1S/C19H16N6O2/c1-12-4-2-5-14(21-12)19-18(22-24-23-19)13-6-7-16-15(10-13)25(9-3-8-20)17(26)11-27-16/h2,4-7,10H,3,9,11H2,1H3,(H,22,23,24). The Balaban J connectivity index is 1.77. The van der Waals surface area contributed by atoms with Crippen molar-refractivity contribution in [3.05, 3.63) is 42.1 Å². The lowest BCUT2D eigenvalue weighted by Crippen LogP contribution is -2.39. The summed E-state index contributed by atoms with van der Waals surface area (Å²) in [5.74, 6) is 0.436. The first-order valence-corrected chi connectivity index (χ1v) is 8.47. The van der Waals surface area contributed by atoms with E-state index < -0.39 is 0 Å². The van der Waals surface area contributed by atoms with Crippen molar-refractivity contribution >= 4 is 11.6 Å². The van der Waals surface area contributed by atoms with E-state index in [1.165, 1.54) is 0 Å². The molecule has 2 aromatic heterocycles. The number of anilines is 1. The van der Waals surface area contributed by atoms with Crippen molar-refractivity contribution in [1.82, 2.24) is 20.4 Å². The van der Waals surface area contributed by atoms with E-state index in [4.69, 9.17) is 10.00 Å². The number of carbonyl (C=O) groups is 1. The average molecular weight is 360 g/mol. The Kier molecular flexibility index (Phi) is 4.26. The molecule has 1 aliphatic heterocycles. The summed E-state index contributed by atoms with van der Waals surface area (Å²) in [5.41, 5.74) is 4.37. The van der Waals surface area contributed by atoms with Gasteiger partial charge < -0.3 is 9.64 Å². The van der Waals surface area contributed by atoms with Crippen molar-refractivity contribution in [2.75, 3.05) is 18.1 Å². The maximum absolute atomic E-state index is 12.2. The van der Waals surface area contributed by atoms with Gasteiger partial charge >= 0.3 is 0 Å². The molecule has 3 heterocycles. The number of aryl methyl sites for hydroxylation is 1. The van der Waals surface area contributed by atoms with Gasteiger partial charge in [0.2, 0.25) is 0 Å². The van der Waals surface area contributed by atoms with Crippen LogP contribution in [0.3, 0.4) is 0 Å². The van der Waals surface area contributed by atoms with Crippen LogP contribution >= 0.6 is 0 Å². The van der Waals surface area contributed by atoms with Crippen molar-refractivity contribution in [2.45, 2.75) is 13.3 Å². The van der Waals surface area contributed by atoms with Crippen LogP contribution in [-0.4, -0.2) is 39.5 Å². The Bertz CT molecular complexity index is 1050. The third-order valence-electron chi connectivity index (χ3n) is 4.32. The number of carbonyl (C=O) groups excluding carboxylic acids is 1. The van der Waals surface area contributed by atoms with Gasteiger partial charge in [0.05, 0.1) is 23.9 Å². The zero-order valence-electron chi connectivity index (χ0n) is 14.6. The molecule has 8 heteroatoms. The third kappa shape index (κ3) is 3.11. The van der Waals surface area contributed by atoms with Gasteiger partial charge in [-0.3, -0.25) is 14.9 Å². The molecule has 1 aliphatic rings. The van der Waals surface area contributed by atoms with Crippen LogP contribution in [0.25, 0.3) is 22.6 Å². The van der Waals surface area contributed by atoms with Gasteiger partial charge in [0.25, 0.3) is 5.91 Å². The fourth-order valence-corrected chi connectivity index (χ4v) is 3.05. The van der Waals surface area contributed by atoms with Gasteiger partial charge in [0.1, 0.15) is 17.1 Å². The second-order valence-corrected chi connectivity index (χ2v) is 6.12. The predicted molar refractivity (Wildman–Crippen MR) is 97.9 cm³/mol. The van der Waals surface area contributed by atoms with Crippen molar-refractivity contribution in [3.63, 3.8) is 0 Å². The van der Waals surface area contributed by atoms with Gasteiger partial charge in [-0.15, -0.1) is 5.10 Å². The van der Waals surface area contributed by atoms with Crippen molar-refractivity contribution in [3.8, 4) is 34.5 Å². The number of nitriles is 1. The lowest BCUT2D eigenvalue weighted by Gasteiger charge is -2.29. The van der Waals surface area contributed by atoms with E-state index in [2.05, 4.69) is 26.5 Å². The Labute approximate surface area is 155 Å². The number of nitrogens with one attached hydrogen (secondary N) is 1. The second kappa shape index (κ2) is 6.88. The first-order valence-electron chi connectivity index (χ1n) is 8.47. The Morgan fingerprint density at radius 1 is 1.33 bits per heavy atom. The molecule has 4 rings (SSSR count). The lowest BCUT2D eigenvalue weighted by molar-refractivity contribution is -0.121. The highest BCUT2D eigenvalue weighted by Gasteiger charge is 2.26. The normalized spacial score (nSPS) is 13.0. The van der Waals surface area contributed by atoms with E-state index in [1.54, 1.807) is 11.0 Å². The number of hydrogen-bond acceptors (Lipinski definition) is 6. The Morgan fingerprint density at radius 2 is 2.22 bits per heavy atom. The molecule has 0 bridgehead atoms. The van der Waals surface area contributed by atoms with Gasteiger partial charge in [-0.05, 0) is 37.3 Å². The van der Waals surface area contributed by atoms with E-state index in [0.29, 0.717) is 29.4 Å². The summed E-state index contributed by atoms with van der Waals surface area (Å²) in [6, 6.07) is 13.3. The number of ether oxygens (including phenoxy) is 1. The number of nitrogens with zero attached hydrogens (tertiary/aromatic N) is 5. The van der Waals surface area contributed by atoms with E-state index in [1.807, 2.05) is 37.3 Å². The van der Waals surface area contributed by atoms with Crippen LogP contribution in [-0.2, 0) is 4.79 Å². The van der Waals surface area contributed by atoms with Gasteiger partial charge in [0, 0.05) is 17.8 Å². The minimum Gasteiger partial charge on any atom is -0.482 e. The number of aromatic nitrogens is 4. The maximum Gasteiger partial charge on any atom is 0.265 e. The highest BCUT2D eigenvalue weighted by molar-refractivity contribution is 5.98. The number of H-pyrrole nitrogens is 1. The van der Waals surface area contributed by atoms with E-state index in [-0.39, 0.29) is 18.9 Å². The van der Waals surface area contributed by atoms with Crippen molar-refractivity contribution in [2.24, 2.45) is 0 Å². The molecule has 1 N–H and O–H groups in total. The average Bonchev–Trinajstić information content (AvgIpc) is 3.17. The van der Waals surface area contributed by atoms with Gasteiger partial charge in [-0.2, -0.15) is 5.26 Å². The van der Waals surface area contributed by atoms with Gasteiger partial charge in [0.15, 0.2) is 6.61 Å². The second-order valence-electron chi connectivity index (χ2n) is 6.12. The van der Waals surface area contributed by atoms with Gasteiger partial charge in [-0.1, -0.05) is 11.3 Å². The molecule has 0 fully saturated rings. The number of hydrogen-bond donors (Lipinski definition) is 1. The largest absolute Gasteiger partial charge is 0.482 e. The summed E-state index contributed by atoms with van der Waals surface area (Å²) in [5, 5.41) is 19.9. The smallest absolute Gasteiger partial charge is 0.265 e. The maximum atomic E-state index is 12.2. The van der Waals surface area contributed by atoms with Crippen LogP contribution < -0.4 is 9.64 Å². The van der Waals surface area contributed by atoms with Crippen LogP contribution in [0, 0.1) is 18.3 Å². The van der Waals surface area contributed by atoms with Crippen LogP contribution in [0.2, 0.25) is 0 Å². The highest BCUT2D eigenvalue weighted by Crippen LogP contribution is 2.37. The Hall–Kier alpha value is -3.73. The number of rotatable bonds is 4. The predicted octanol–water partition coefficient (Wildman–Crippen LogP) is 2.48. The summed E-state index contributed by atoms with van der Waals surface area (Å²) in [7, 11) is 0. The molecule has 0 saturated heterocycles. The topological polar surface area (TPSA) is 108 Å². The molecule has 3 aromatic rings. The molecule has 27 heavy (non-hydrogen) atoms. The number of benzene rings is 1. The number of aromatic amines is 1. The van der Waals surface area contributed by atoms with Crippen LogP contribution in [0.5, 0.6) is 5.75 Å². The molecule has 8 nitrogen and oxygen atoms in total. The highest BCUT2D eigenvalue weighted by atomic mass is 16.5. The minimum absolute atomic E-state index is 0.0276. The number of amides is 1. The fourth-order valence-electron chi connectivity index (χ4n) is 3.05. The molecule has 134 valence electrons. The van der Waals surface area contributed by atoms with Crippen LogP contribution in [0.15, 0.2) is 36.4 Å². The molecule has 0 atom stereocenters. The van der Waals surface area contributed by atoms with Crippen molar-refractivity contribution < 1.29 is 9.53 Å². The lowest BCUT2D eigenvalue weighted by atomic mass is 10.1. The van der Waals surface area contributed by atoms with Crippen LogP contribution in [0.1, 0.15) is 12.1 Å². The monoisotopic (exact) mass is 360 g/mol. The minimum atomic E-state index is -0.171. The summed E-state index contributed by atoms with van der Waals surface area (Å²) in [6.07, 6.45) is 0.248.